The molecule has 2 heterocycles. The Bertz CT molecular complexity index is 810. The molecule has 2 N–H and O–H groups in total. The Hall–Kier alpha value is -2.38. The molecule has 1 aromatic carbocycles. The summed E-state index contributed by atoms with van der Waals surface area (Å²) in [4.78, 5) is 12.0. The summed E-state index contributed by atoms with van der Waals surface area (Å²) in [6.45, 7) is 14.6. The highest BCUT2D eigenvalue weighted by molar-refractivity contribution is 5.79. The number of ether oxygens (including phenoxy) is 1. The number of hydrogen-bond donors (Lipinski definition) is 2. The van der Waals surface area contributed by atoms with E-state index in [0.717, 1.165) is 69.6 Å². The average molecular weight is 428 g/mol. The largest absolute Gasteiger partial charge is 0.444 e. The Morgan fingerprint density at radius 2 is 1.90 bits per heavy atom. The summed E-state index contributed by atoms with van der Waals surface area (Å²) in [7, 11) is 0. The van der Waals surface area contributed by atoms with Gasteiger partial charge in [0.05, 0.1) is 25.5 Å². The van der Waals surface area contributed by atoms with Crippen LogP contribution in [0.3, 0.4) is 0 Å². The van der Waals surface area contributed by atoms with E-state index in [2.05, 4.69) is 60.3 Å². The van der Waals surface area contributed by atoms with Gasteiger partial charge in [0.15, 0.2) is 5.96 Å². The fourth-order valence-corrected chi connectivity index (χ4v) is 3.74. The Balaban J connectivity index is 1.53. The van der Waals surface area contributed by atoms with Crippen LogP contribution in [-0.2, 0) is 11.2 Å². The number of nitrogens with zero attached hydrogens (tertiary/aromatic N) is 3. The maximum Gasteiger partial charge on any atom is 0.226 e. The fraction of sp³-hybridized carbons (Fsp3) is 0.583. The third kappa shape index (κ3) is 7.08. The topological polar surface area (TPSA) is 74.9 Å². The molecule has 0 spiro atoms. The number of nitrogens with one attached hydrogen (secondary N) is 2. The molecule has 0 amide bonds. The standard InChI is InChI=1S/C24H37N5O2/c1-5-25-24(27-16-22(18(2)3)29-12-14-30-15-13-29)26-11-10-21-17-31-23(28-21)20-8-6-19(4)7-9-20/h6-9,17-18,22H,5,10-16H2,1-4H3,(H2,25,26,27). The molecule has 7 nitrogen and oxygen atoms in total. The summed E-state index contributed by atoms with van der Waals surface area (Å²) >= 11 is 0. The van der Waals surface area contributed by atoms with Crippen LogP contribution in [0.25, 0.3) is 11.5 Å². The van der Waals surface area contributed by atoms with Crippen molar-refractivity contribution in [3.05, 3.63) is 41.8 Å². The van der Waals surface area contributed by atoms with Gasteiger partial charge in [-0.2, -0.15) is 0 Å². The van der Waals surface area contributed by atoms with E-state index in [4.69, 9.17) is 14.1 Å². The normalized spacial score (nSPS) is 16.5. The summed E-state index contributed by atoms with van der Waals surface area (Å²) in [6, 6.07) is 8.65. The Kier molecular flexibility index (Phi) is 8.91. The quantitative estimate of drug-likeness (QED) is 0.473. The van der Waals surface area contributed by atoms with Gasteiger partial charge in [-0.3, -0.25) is 9.89 Å². The molecule has 1 aromatic heterocycles. The van der Waals surface area contributed by atoms with Gasteiger partial charge in [-0.25, -0.2) is 4.98 Å². The molecule has 0 bridgehead atoms. The van der Waals surface area contributed by atoms with Crippen molar-refractivity contribution in [1.29, 1.82) is 0 Å². The minimum Gasteiger partial charge on any atom is -0.444 e. The van der Waals surface area contributed by atoms with Crippen LogP contribution in [0, 0.1) is 12.8 Å². The molecule has 1 aliphatic rings. The van der Waals surface area contributed by atoms with Gasteiger partial charge in [-0.05, 0) is 31.9 Å². The first kappa shape index (κ1) is 23.3. The first-order valence-corrected chi connectivity index (χ1v) is 11.4. The van der Waals surface area contributed by atoms with Crippen molar-refractivity contribution in [2.75, 3.05) is 45.9 Å². The predicted molar refractivity (Wildman–Crippen MR) is 125 cm³/mol. The van der Waals surface area contributed by atoms with Gasteiger partial charge in [0, 0.05) is 44.2 Å². The third-order valence-electron chi connectivity index (χ3n) is 5.59. The van der Waals surface area contributed by atoms with Gasteiger partial charge in [0.1, 0.15) is 6.26 Å². The first-order chi connectivity index (χ1) is 15.1. The number of guanidine groups is 1. The zero-order valence-electron chi connectivity index (χ0n) is 19.4. The molecule has 1 unspecified atom stereocenters. The molecule has 7 heteroatoms. The van der Waals surface area contributed by atoms with E-state index >= 15 is 0 Å². The number of benzene rings is 1. The van der Waals surface area contributed by atoms with Crippen molar-refractivity contribution in [2.24, 2.45) is 10.9 Å². The second-order valence-electron chi connectivity index (χ2n) is 8.37. The highest BCUT2D eigenvalue weighted by Gasteiger charge is 2.23. The minimum atomic E-state index is 0.423. The van der Waals surface area contributed by atoms with E-state index in [1.165, 1.54) is 5.56 Å². The van der Waals surface area contributed by atoms with Gasteiger partial charge < -0.3 is 19.8 Å². The first-order valence-electron chi connectivity index (χ1n) is 11.4. The molecule has 170 valence electrons. The van der Waals surface area contributed by atoms with E-state index in [1.54, 1.807) is 6.26 Å². The van der Waals surface area contributed by atoms with Crippen molar-refractivity contribution in [3.63, 3.8) is 0 Å². The van der Waals surface area contributed by atoms with Crippen LogP contribution >= 0.6 is 0 Å². The van der Waals surface area contributed by atoms with Gasteiger partial charge in [-0.15, -0.1) is 0 Å². The van der Waals surface area contributed by atoms with Gasteiger partial charge in [0.25, 0.3) is 0 Å². The molecule has 1 fully saturated rings. The molecule has 0 aliphatic carbocycles. The molecule has 1 atom stereocenters. The minimum absolute atomic E-state index is 0.423. The molecular formula is C24H37N5O2. The smallest absolute Gasteiger partial charge is 0.226 e. The summed E-state index contributed by atoms with van der Waals surface area (Å²) < 4.78 is 11.2. The van der Waals surface area contributed by atoms with E-state index in [-0.39, 0.29) is 0 Å². The van der Waals surface area contributed by atoms with E-state index in [1.807, 2.05) is 12.1 Å². The lowest BCUT2D eigenvalue weighted by Gasteiger charge is -2.36. The third-order valence-corrected chi connectivity index (χ3v) is 5.59. The SMILES string of the molecule is CCNC(=NCC(C(C)C)N1CCOCC1)NCCc1coc(-c2ccc(C)cc2)n1. The van der Waals surface area contributed by atoms with Crippen LogP contribution in [0.15, 0.2) is 39.9 Å². The number of oxazole rings is 1. The van der Waals surface area contributed by atoms with Crippen molar-refractivity contribution >= 4 is 5.96 Å². The molecule has 2 aromatic rings. The Morgan fingerprint density at radius 1 is 1.16 bits per heavy atom. The van der Waals surface area contributed by atoms with Crippen LogP contribution in [-0.4, -0.2) is 67.8 Å². The lowest BCUT2D eigenvalue weighted by Crippen LogP contribution is -2.48. The highest BCUT2D eigenvalue weighted by atomic mass is 16.5. The van der Waals surface area contributed by atoms with E-state index in [9.17, 15) is 0 Å². The zero-order chi connectivity index (χ0) is 22.1. The molecule has 0 radical (unpaired) electrons. The van der Waals surface area contributed by atoms with Crippen LogP contribution in [0.1, 0.15) is 32.0 Å². The fourth-order valence-electron chi connectivity index (χ4n) is 3.74. The number of aryl methyl sites for hydroxylation is 1. The number of morpholine rings is 1. The van der Waals surface area contributed by atoms with Crippen LogP contribution < -0.4 is 10.6 Å². The van der Waals surface area contributed by atoms with Crippen molar-refractivity contribution in [1.82, 2.24) is 20.5 Å². The molecule has 3 rings (SSSR count). The zero-order valence-corrected chi connectivity index (χ0v) is 19.4. The van der Waals surface area contributed by atoms with Crippen molar-refractivity contribution < 1.29 is 9.15 Å². The lowest BCUT2D eigenvalue weighted by molar-refractivity contribution is 0.00867. The van der Waals surface area contributed by atoms with Crippen molar-refractivity contribution in [3.8, 4) is 11.5 Å². The summed E-state index contributed by atoms with van der Waals surface area (Å²) in [5.74, 6) is 2.06. The van der Waals surface area contributed by atoms with Gasteiger partial charge in [0.2, 0.25) is 5.89 Å². The number of rotatable bonds is 9. The summed E-state index contributed by atoms with van der Waals surface area (Å²) in [5, 5.41) is 6.79. The monoisotopic (exact) mass is 427 g/mol. The maximum atomic E-state index is 5.67. The molecule has 1 aliphatic heterocycles. The second-order valence-corrected chi connectivity index (χ2v) is 8.37. The van der Waals surface area contributed by atoms with Crippen LogP contribution in [0.2, 0.25) is 0 Å². The van der Waals surface area contributed by atoms with Crippen molar-refractivity contribution in [2.45, 2.75) is 40.2 Å². The molecule has 1 saturated heterocycles. The predicted octanol–water partition coefficient (Wildman–Crippen LogP) is 3.10. The van der Waals surface area contributed by atoms with E-state index < -0.39 is 0 Å². The lowest BCUT2D eigenvalue weighted by atomic mass is 10.0. The number of aromatic nitrogens is 1. The van der Waals surface area contributed by atoms with Gasteiger partial charge in [-0.1, -0.05) is 31.5 Å². The Morgan fingerprint density at radius 3 is 2.58 bits per heavy atom. The van der Waals surface area contributed by atoms with Crippen LogP contribution in [0.4, 0.5) is 0 Å². The molecule has 0 saturated carbocycles. The maximum absolute atomic E-state index is 5.67. The van der Waals surface area contributed by atoms with Gasteiger partial charge >= 0.3 is 0 Å². The summed E-state index contributed by atoms with van der Waals surface area (Å²) in [5.41, 5.74) is 3.16. The second kappa shape index (κ2) is 11.9. The number of hydrogen-bond acceptors (Lipinski definition) is 5. The average Bonchev–Trinajstić information content (AvgIpc) is 3.24. The Labute approximate surface area is 186 Å². The number of aliphatic imine (C=N–C) groups is 1. The summed E-state index contributed by atoms with van der Waals surface area (Å²) in [6.07, 6.45) is 2.52. The highest BCUT2D eigenvalue weighted by Crippen LogP contribution is 2.19. The molecule has 31 heavy (non-hydrogen) atoms. The molecular weight excluding hydrogens is 390 g/mol. The van der Waals surface area contributed by atoms with E-state index in [0.29, 0.717) is 17.9 Å². The van der Waals surface area contributed by atoms with Crippen LogP contribution in [0.5, 0.6) is 0 Å².